The number of halogens is 1. The molecule has 25 heavy (non-hydrogen) atoms. The summed E-state index contributed by atoms with van der Waals surface area (Å²) in [6.07, 6.45) is 2.42. The van der Waals surface area contributed by atoms with E-state index in [1.54, 1.807) is 6.07 Å². The maximum absolute atomic E-state index is 13.9. The molecule has 0 saturated heterocycles. The SMILES string of the molecule is COc1ccc(CNC(c2ccc3c(c2)OCCO3)C2CC2)cc1F. The van der Waals surface area contributed by atoms with Gasteiger partial charge in [-0.05, 0) is 54.2 Å². The van der Waals surface area contributed by atoms with Crippen molar-refractivity contribution in [2.24, 2.45) is 5.92 Å². The highest BCUT2D eigenvalue weighted by Gasteiger charge is 2.32. The van der Waals surface area contributed by atoms with Crippen molar-refractivity contribution in [3.63, 3.8) is 0 Å². The van der Waals surface area contributed by atoms with E-state index in [1.807, 2.05) is 12.1 Å². The standard InChI is InChI=1S/C20H22FNO3/c1-23-17-6-2-13(10-16(17)21)12-22-20(14-3-4-14)15-5-7-18-19(11-15)25-9-8-24-18/h2,5-7,10-11,14,20,22H,3-4,8-9,12H2,1H3. The summed E-state index contributed by atoms with van der Waals surface area (Å²) in [5.41, 5.74) is 2.10. The first kappa shape index (κ1) is 16.2. The molecule has 1 aliphatic carbocycles. The molecule has 0 radical (unpaired) electrons. The maximum atomic E-state index is 13.9. The maximum Gasteiger partial charge on any atom is 0.165 e. The summed E-state index contributed by atoms with van der Waals surface area (Å²) in [5.74, 6) is 2.18. The van der Waals surface area contributed by atoms with Crippen molar-refractivity contribution in [3.05, 3.63) is 53.3 Å². The molecule has 4 rings (SSSR count). The van der Waals surface area contributed by atoms with Crippen LogP contribution in [0.15, 0.2) is 36.4 Å². The van der Waals surface area contributed by atoms with Gasteiger partial charge in [0.2, 0.25) is 0 Å². The Bertz CT molecular complexity index is 761. The van der Waals surface area contributed by atoms with Gasteiger partial charge in [-0.2, -0.15) is 0 Å². The van der Waals surface area contributed by atoms with E-state index in [0.29, 0.717) is 25.7 Å². The second-order valence-electron chi connectivity index (χ2n) is 6.57. The Morgan fingerprint density at radius 2 is 1.92 bits per heavy atom. The predicted octanol–water partition coefficient (Wildman–Crippen LogP) is 3.85. The summed E-state index contributed by atoms with van der Waals surface area (Å²) in [7, 11) is 1.47. The second kappa shape index (κ2) is 6.92. The molecule has 1 unspecified atom stereocenters. The number of nitrogens with one attached hydrogen (secondary N) is 1. The number of rotatable bonds is 6. The van der Waals surface area contributed by atoms with Crippen LogP contribution in [0, 0.1) is 11.7 Å². The molecule has 132 valence electrons. The summed E-state index contributed by atoms with van der Waals surface area (Å²) >= 11 is 0. The monoisotopic (exact) mass is 343 g/mol. The van der Waals surface area contributed by atoms with Gasteiger partial charge in [0.1, 0.15) is 13.2 Å². The second-order valence-corrected chi connectivity index (χ2v) is 6.57. The molecule has 1 atom stereocenters. The number of fused-ring (bicyclic) bond motifs is 1. The summed E-state index contributed by atoms with van der Waals surface area (Å²) in [4.78, 5) is 0. The summed E-state index contributed by atoms with van der Waals surface area (Å²) in [6, 6.07) is 11.5. The van der Waals surface area contributed by atoms with Crippen LogP contribution in [0.2, 0.25) is 0 Å². The van der Waals surface area contributed by atoms with Crippen molar-refractivity contribution in [3.8, 4) is 17.2 Å². The fourth-order valence-corrected chi connectivity index (χ4v) is 3.29. The third kappa shape index (κ3) is 3.56. The molecule has 2 aliphatic rings. The Balaban J connectivity index is 1.49. The first-order valence-corrected chi connectivity index (χ1v) is 8.70. The lowest BCUT2D eigenvalue weighted by molar-refractivity contribution is 0.171. The van der Waals surface area contributed by atoms with Gasteiger partial charge in [-0.1, -0.05) is 12.1 Å². The van der Waals surface area contributed by atoms with Crippen LogP contribution >= 0.6 is 0 Å². The van der Waals surface area contributed by atoms with E-state index in [1.165, 1.54) is 31.6 Å². The minimum Gasteiger partial charge on any atom is -0.494 e. The molecule has 4 nitrogen and oxygen atoms in total. The number of hydrogen-bond donors (Lipinski definition) is 1. The van der Waals surface area contributed by atoms with Gasteiger partial charge in [-0.3, -0.25) is 0 Å². The summed E-state index contributed by atoms with van der Waals surface area (Å²) in [6.45, 7) is 1.79. The molecule has 0 amide bonds. The lowest BCUT2D eigenvalue weighted by Crippen LogP contribution is -2.23. The van der Waals surface area contributed by atoms with Gasteiger partial charge in [-0.25, -0.2) is 4.39 Å². The topological polar surface area (TPSA) is 39.7 Å². The molecule has 1 N–H and O–H groups in total. The van der Waals surface area contributed by atoms with Gasteiger partial charge >= 0.3 is 0 Å². The summed E-state index contributed by atoms with van der Waals surface area (Å²) in [5, 5.41) is 3.58. The molecule has 1 heterocycles. The van der Waals surface area contributed by atoms with Crippen molar-refractivity contribution in [2.75, 3.05) is 20.3 Å². The Hall–Kier alpha value is -2.27. The van der Waals surface area contributed by atoms with Crippen LogP contribution in [0.1, 0.15) is 30.0 Å². The van der Waals surface area contributed by atoms with Crippen molar-refractivity contribution in [1.29, 1.82) is 0 Å². The quantitative estimate of drug-likeness (QED) is 0.865. The van der Waals surface area contributed by atoms with E-state index in [-0.39, 0.29) is 17.6 Å². The third-order valence-electron chi connectivity index (χ3n) is 4.76. The van der Waals surface area contributed by atoms with E-state index >= 15 is 0 Å². The van der Waals surface area contributed by atoms with Crippen LogP contribution in [0.4, 0.5) is 4.39 Å². The predicted molar refractivity (Wildman–Crippen MR) is 92.7 cm³/mol. The number of methoxy groups -OCH3 is 1. The van der Waals surface area contributed by atoms with Crippen molar-refractivity contribution in [2.45, 2.75) is 25.4 Å². The van der Waals surface area contributed by atoms with Crippen LogP contribution in [-0.4, -0.2) is 20.3 Å². The largest absolute Gasteiger partial charge is 0.494 e. The first-order valence-electron chi connectivity index (χ1n) is 8.70. The van der Waals surface area contributed by atoms with E-state index in [9.17, 15) is 4.39 Å². The van der Waals surface area contributed by atoms with Gasteiger partial charge in [0.25, 0.3) is 0 Å². The van der Waals surface area contributed by atoms with Gasteiger partial charge in [0.15, 0.2) is 23.1 Å². The molecule has 1 fully saturated rings. The minimum absolute atomic E-state index is 0.237. The Morgan fingerprint density at radius 1 is 1.12 bits per heavy atom. The Morgan fingerprint density at radius 3 is 2.64 bits per heavy atom. The molecule has 1 aliphatic heterocycles. The fraction of sp³-hybridized carbons (Fsp3) is 0.400. The third-order valence-corrected chi connectivity index (χ3v) is 4.76. The Kier molecular flexibility index (Phi) is 4.49. The summed E-state index contributed by atoms with van der Waals surface area (Å²) < 4.78 is 30.2. The van der Waals surface area contributed by atoms with Crippen LogP contribution in [0.3, 0.4) is 0 Å². The smallest absolute Gasteiger partial charge is 0.165 e. The van der Waals surface area contributed by atoms with Crippen LogP contribution < -0.4 is 19.5 Å². The van der Waals surface area contributed by atoms with E-state index < -0.39 is 0 Å². The number of ether oxygens (including phenoxy) is 3. The first-order chi connectivity index (χ1) is 12.2. The fourth-order valence-electron chi connectivity index (χ4n) is 3.29. The van der Waals surface area contributed by atoms with Crippen molar-refractivity contribution in [1.82, 2.24) is 5.32 Å². The molecule has 0 aromatic heterocycles. The average molecular weight is 343 g/mol. The highest BCUT2D eigenvalue weighted by atomic mass is 19.1. The van der Waals surface area contributed by atoms with Crippen LogP contribution in [0.25, 0.3) is 0 Å². The highest BCUT2D eigenvalue weighted by Crippen LogP contribution is 2.43. The van der Waals surface area contributed by atoms with Gasteiger partial charge in [0, 0.05) is 12.6 Å². The highest BCUT2D eigenvalue weighted by molar-refractivity contribution is 5.45. The molecular formula is C20H22FNO3. The molecule has 0 spiro atoms. The zero-order valence-corrected chi connectivity index (χ0v) is 14.3. The zero-order valence-electron chi connectivity index (χ0n) is 14.3. The zero-order chi connectivity index (χ0) is 17.2. The van der Waals surface area contributed by atoms with Gasteiger partial charge < -0.3 is 19.5 Å². The normalized spacial score (nSPS) is 17.2. The van der Waals surface area contributed by atoms with E-state index in [4.69, 9.17) is 14.2 Å². The van der Waals surface area contributed by atoms with Crippen molar-refractivity contribution >= 4 is 0 Å². The molecule has 0 bridgehead atoms. The van der Waals surface area contributed by atoms with Gasteiger partial charge in [0.05, 0.1) is 7.11 Å². The minimum atomic E-state index is -0.330. The average Bonchev–Trinajstić information content (AvgIpc) is 3.47. The van der Waals surface area contributed by atoms with E-state index in [0.717, 1.165) is 17.1 Å². The Labute approximate surface area is 146 Å². The molecule has 2 aromatic rings. The number of benzene rings is 2. The van der Waals surface area contributed by atoms with Crippen LogP contribution in [0.5, 0.6) is 17.2 Å². The molecular weight excluding hydrogens is 321 g/mol. The molecule has 2 aromatic carbocycles. The lowest BCUT2D eigenvalue weighted by Gasteiger charge is -2.23. The van der Waals surface area contributed by atoms with Crippen molar-refractivity contribution < 1.29 is 18.6 Å². The van der Waals surface area contributed by atoms with Gasteiger partial charge in [-0.15, -0.1) is 0 Å². The van der Waals surface area contributed by atoms with E-state index in [2.05, 4.69) is 17.4 Å². The lowest BCUT2D eigenvalue weighted by atomic mass is 10.0. The van der Waals surface area contributed by atoms with Crippen LogP contribution in [-0.2, 0) is 6.54 Å². The molecule has 5 heteroatoms. The number of hydrogen-bond acceptors (Lipinski definition) is 4. The molecule has 1 saturated carbocycles.